The molecule has 1 unspecified atom stereocenters. The van der Waals surface area contributed by atoms with Crippen LogP contribution in [0.25, 0.3) is 11.1 Å². The maximum absolute atomic E-state index is 2.43. The molecule has 0 aliphatic heterocycles. The first-order valence-electron chi connectivity index (χ1n) is 23.2. The number of rotatable bonds is 14. The largest absolute Gasteiger partial charge is 0.311 e. The number of nitrogens with zero attached hydrogens (tertiary/aromatic N) is 2. The fraction of sp³-hybridized carbons (Fsp3) is 0.288. The molecule has 0 radical (unpaired) electrons. The Hall–Kier alpha value is -5.86. The maximum Gasteiger partial charge on any atom is 0.0468 e. The summed E-state index contributed by atoms with van der Waals surface area (Å²) in [5.74, 6) is 0.697. The van der Waals surface area contributed by atoms with E-state index >= 15 is 0 Å². The van der Waals surface area contributed by atoms with Gasteiger partial charge in [0.2, 0.25) is 0 Å². The summed E-state index contributed by atoms with van der Waals surface area (Å²) in [6, 6.07) is 66.3. The highest BCUT2D eigenvalue weighted by Crippen LogP contribution is 2.51. The Morgan fingerprint density at radius 2 is 0.951 bits per heavy atom. The molecule has 308 valence electrons. The van der Waals surface area contributed by atoms with Crippen molar-refractivity contribution in [3.05, 3.63) is 204 Å². The summed E-state index contributed by atoms with van der Waals surface area (Å²) in [5.41, 5.74) is 16.7. The lowest BCUT2D eigenvalue weighted by Gasteiger charge is -2.36. The van der Waals surface area contributed by atoms with Gasteiger partial charge < -0.3 is 9.80 Å². The van der Waals surface area contributed by atoms with Crippen molar-refractivity contribution in [1.29, 1.82) is 0 Å². The summed E-state index contributed by atoms with van der Waals surface area (Å²) < 4.78 is 0. The molecular weight excluding hydrogens is 737 g/mol. The molecule has 2 nitrogen and oxygen atoms in total. The van der Waals surface area contributed by atoms with Crippen molar-refractivity contribution in [2.75, 3.05) is 9.80 Å². The minimum absolute atomic E-state index is 0.0251. The van der Waals surface area contributed by atoms with Crippen LogP contribution in [0.15, 0.2) is 176 Å². The Bertz CT molecular complexity index is 2510. The summed E-state index contributed by atoms with van der Waals surface area (Å²) in [7, 11) is 0. The van der Waals surface area contributed by atoms with Gasteiger partial charge in [-0.25, -0.2) is 0 Å². The highest BCUT2D eigenvalue weighted by atomic mass is 15.1. The lowest BCUT2D eigenvalue weighted by molar-refractivity contribution is 0.431. The van der Waals surface area contributed by atoms with E-state index in [0.717, 1.165) is 18.5 Å². The van der Waals surface area contributed by atoms with Crippen molar-refractivity contribution < 1.29 is 0 Å². The Morgan fingerprint density at radius 1 is 0.475 bits per heavy atom. The van der Waals surface area contributed by atoms with Gasteiger partial charge in [-0.2, -0.15) is 0 Å². The molecule has 0 saturated heterocycles. The van der Waals surface area contributed by atoms with Gasteiger partial charge in [-0.05, 0) is 143 Å². The highest BCUT2D eigenvalue weighted by Gasteiger charge is 2.36. The van der Waals surface area contributed by atoms with E-state index in [1.54, 1.807) is 0 Å². The molecule has 2 aliphatic carbocycles. The first kappa shape index (κ1) is 40.5. The summed E-state index contributed by atoms with van der Waals surface area (Å²) in [5, 5.41) is 0. The van der Waals surface area contributed by atoms with Crippen LogP contribution in [0.2, 0.25) is 0 Å². The maximum atomic E-state index is 2.43. The molecule has 1 atom stereocenters. The monoisotopic (exact) mass is 798 g/mol. The Labute approximate surface area is 365 Å². The van der Waals surface area contributed by atoms with E-state index in [1.807, 2.05) is 0 Å². The molecule has 1 fully saturated rings. The predicted octanol–water partition coefficient (Wildman–Crippen LogP) is 17.3. The molecule has 7 aromatic rings. The van der Waals surface area contributed by atoms with Crippen LogP contribution in [-0.4, -0.2) is 0 Å². The zero-order valence-electron chi connectivity index (χ0n) is 36.8. The van der Waals surface area contributed by atoms with Crippen molar-refractivity contribution in [2.24, 2.45) is 0 Å². The van der Waals surface area contributed by atoms with Crippen LogP contribution >= 0.6 is 0 Å². The number of unbranched alkanes of at least 4 members (excludes halogenated alkanes) is 2. The predicted molar refractivity (Wildman–Crippen MR) is 261 cm³/mol. The molecule has 0 spiro atoms. The quantitative estimate of drug-likeness (QED) is 0.101. The molecule has 61 heavy (non-hydrogen) atoms. The standard InChI is InChI=1S/C59H62N2/c1-5-7-19-42-59(6-2,46-30-36-51(37-31-46)60(48-22-13-9-14-23-48)50-34-28-45(29-35-50)44-20-11-8-12-21-44)47-32-38-52(39-33-47)61(49-24-15-10-16-25-49)53-40-41-57-55(43-53)54-26-17-18-27-56(54)58(57,3)4/h9-10,13-18,22-41,43-44H,5-8,11-12,19-21,42H2,1-4H3. The average Bonchev–Trinajstić information content (AvgIpc) is 3.55. The fourth-order valence-corrected chi connectivity index (χ4v) is 10.8. The van der Waals surface area contributed by atoms with Gasteiger partial charge in [-0.15, -0.1) is 0 Å². The van der Waals surface area contributed by atoms with Crippen LogP contribution in [0.1, 0.15) is 126 Å². The third kappa shape index (κ3) is 7.83. The number of para-hydroxylation sites is 2. The van der Waals surface area contributed by atoms with Crippen LogP contribution in [0.4, 0.5) is 34.1 Å². The lowest BCUT2D eigenvalue weighted by Crippen LogP contribution is -2.27. The van der Waals surface area contributed by atoms with Crippen molar-refractivity contribution in [1.82, 2.24) is 0 Å². The Balaban J connectivity index is 1.07. The van der Waals surface area contributed by atoms with Crippen LogP contribution in [0.5, 0.6) is 0 Å². The minimum Gasteiger partial charge on any atom is -0.311 e. The van der Waals surface area contributed by atoms with Gasteiger partial charge in [-0.3, -0.25) is 0 Å². The number of hydrogen-bond acceptors (Lipinski definition) is 2. The Kier molecular flexibility index (Phi) is 11.7. The second-order valence-corrected chi connectivity index (χ2v) is 18.2. The van der Waals surface area contributed by atoms with Crippen LogP contribution in [0, 0.1) is 0 Å². The fourth-order valence-electron chi connectivity index (χ4n) is 10.8. The van der Waals surface area contributed by atoms with E-state index in [2.05, 4.69) is 213 Å². The molecule has 2 aliphatic rings. The third-order valence-electron chi connectivity index (χ3n) is 14.2. The van der Waals surface area contributed by atoms with Crippen LogP contribution in [-0.2, 0) is 10.8 Å². The average molecular weight is 799 g/mol. The molecule has 1 saturated carbocycles. The summed E-state index contributed by atoms with van der Waals surface area (Å²) >= 11 is 0. The number of anilines is 6. The minimum atomic E-state index is -0.105. The third-order valence-corrected chi connectivity index (χ3v) is 14.2. The van der Waals surface area contributed by atoms with Crippen LogP contribution in [0.3, 0.4) is 0 Å². The first-order valence-corrected chi connectivity index (χ1v) is 23.2. The zero-order chi connectivity index (χ0) is 41.8. The molecule has 0 bridgehead atoms. The molecular formula is C59H62N2. The van der Waals surface area contributed by atoms with Crippen molar-refractivity contribution >= 4 is 34.1 Å². The molecule has 7 aromatic carbocycles. The van der Waals surface area contributed by atoms with Crippen LogP contribution < -0.4 is 9.80 Å². The molecule has 9 rings (SSSR count). The SMILES string of the molecule is CCCCCC(CC)(c1ccc(N(c2ccccc2)c2ccc(C3CCCCC3)cc2)cc1)c1ccc(N(c2ccccc2)c2ccc3c(c2)-c2ccccc2C3(C)C)cc1. The summed E-state index contributed by atoms with van der Waals surface area (Å²) in [6.45, 7) is 9.41. The van der Waals surface area contributed by atoms with Crippen molar-refractivity contribution in [2.45, 2.75) is 109 Å². The van der Waals surface area contributed by atoms with Gasteiger partial charge >= 0.3 is 0 Å². The van der Waals surface area contributed by atoms with E-state index in [-0.39, 0.29) is 10.8 Å². The smallest absolute Gasteiger partial charge is 0.0468 e. The molecule has 0 aromatic heterocycles. The van der Waals surface area contributed by atoms with Crippen molar-refractivity contribution in [3.63, 3.8) is 0 Å². The second-order valence-electron chi connectivity index (χ2n) is 18.2. The van der Waals surface area contributed by atoms with Gasteiger partial charge in [0, 0.05) is 45.0 Å². The second kappa shape index (κ2) is 17.6. The van der Waals surface area contributed by atoms with Gasteiger partial charge in [0.25, 0.3) is 0 Å². The lowest BCUT2D eigenvalue weighted by atomic mass is 9.69. The number of fused-ring (bicyclic) bond motifs is 3. The summed E-state index contributed by atoms with van der Waals surface area (Å²) in [6.07, 6.45) is 12.5. The summed E-state index contributed by atoms with van der Waals surface area (Å²) in [4.78, 5) is 4.85. The molecule has 0 heterocycles. The normalized spacial score (nSPS) is 15.4. The van der Waals surface area contributed by atoms with Gasteiger partial charge in [0.05, 0.1) is 0 Å². The van der Waals surface area contributed by atoms with Gasteiger partial charge in [0.1, 0.15) is 0 Å². The van der Waals surface area contributed by atoms with E-state index in [1.165, 1.54) is 119 Å². The van der Waals surface area contributed by atoms with E-state index in [9.17, 15) is 0 Å². The number of benzene rings is 7. The number of hydrogen-bond donors (Lipinski definition) is 0. The molecule has 0 amide bonds. The van der Waals surface area contributed by atoms with Gasteiger partial charge in [-0.1, -0.05) is 169 Å². The molecule has 0 N–H and O–H groups in total. The first-order chi connectivity index (χ1) is 29.9. The Morgan fingerprint density at radius 3 is 1.51 bits per heavy atom. The molecule has 2 heteroatoms. The van der Waals surface area contributed by atoms with E-state index < -0.39 is 0 Å². The zero-order valence-corrected chi connectivity index (χ0v) is 36.8. The van der Waals surface area contributed by atoms with E-state index in [0.29, 0.717) is 5.92 Å². The topological polar surface area (TPSA) is 6.48 Å². The van der Waals surface area contributed by atoms with E-state index in [4.69, 9.17) is 0 Å². The van der Waals surface area contributed by atoms with Gasteiger partial charge in [0.15, 0.2) is 0 Å². The van der Waals surface area contributed by atoms with Crippen molar-refractivity contribution in [3.8, 4) is 11.1 Å². The highest BCUT2D eigenvalue weighted by molar-refractivity contribution is 5.86.